The Morgan fingerprint density at radius 2 is 1.60 bits per heavy atom. The van der Waals surface area contributed by atoms with Crippen LogP contribution >= 0.6 is 0 Å². The van der Waals surface area contributed by atoms with Crippen LogP contribution in [0.4, 0.5) is 0 Å². The Morgan fingerprint density at radius 3 is 2.28 bits per heavy atom. The Morgan fingerprint density at radius 1 is 0.920 bits per heavy atom. The average Bonchev–Trinajstić information content (AvgIpc) is 2.62. The summed E-state index contributed by atoms with van der Waals surface area (Å²) in [6.07, 6.45) is 5.07. The van der Waals surface area contributed by atoms with E-state index in [4.69, 9.17) is 4.74 Å². The number of allylic oxidation sites excluding steroid dienone is 4. The quantitative estimate of drug-likeness (QED) is 0.815. The van der Waals surface area contributed by atoms with E-state index in [1.54, 1.807) is 48.6 Å². The summed E-state index contributed by atoms with van der Waals surface area (Å²) in [5.41, 5.74) is 1.67. The molecule has 120 valence electrons. The van der Waals surface area contributed by atoms with Crippen LogP contribution in [0.25, 0.3) is 11.6 Å². The predicted molar refractivity (Wildman–Crippen MR) is 92.1 cm³/mol. The second-order valence-corrected chi connectivity index (χ2v) is 5.27. The molecule has 1 aliphatic rings. The van der Waals surface area contributed by atoms with E-state index in [9.17, 15) is 20.7 Å². The second kappa shape index (κ2) is 6.66. The van der Waals surface area contributed by atoms with Crippen LogP contribution in [0.3, 0.4) is 0 Å². The number of hydrogen-bond acceptors (Lipinski definition) is 5. The van der Waals surface area contributed by atoms with E-state index in [1.165, 1.54) is 12.1 Å². The van der Waals surface area contributed by atoms with E-state index in [-0.39, 0.29) is 17.1 Å². The fourth-order valence-electron chi connectivity index (χ4n) is 2.39. The summed E-state index contributed by atoms with van der Waals surface area (Å²) in [6, 6.07) is 14.9. The molecule has 2 aromatic rings. The van der Waals surface area contributed by atoms with Crippen molar-refractivity contribution in [3.05, 3.63) is 77.1 Å². The molecule has 25 heavy (non-hydrogen) atoms. The minimum Gasteiger partial charge on any atom is -0.508 e. The molecule has 0 spiro atoms. The molecule has 2 N–H and O–H groups in total. The fourth-order valence-corrected chi connectivity index (χ4v) is 2.39. The monoisotopic (exact) mass is 328 g/mol. The Bertz CT molecular complexity index is 985. The van der Waals surface area contributed by atoms with Crippen LogP contribution < -0.4 is 4.74 Å². The van der Waals surface area contributed by atoms with Gasteiger partial charge in [-0.15, -0.1) is 0 Å². The number of nitrogens with zero attached hydrogens (tertiary/aromatic N) is 2. The number of aromatic hydroxyl groups is 2. The van der Waals surface area contributed by atoms with Gasteiger partial charge in [-0.3, -0.25) is 0 Å². The van der Waals surface area contributed by atoms with Gasteiger partial charge in [-0.05, 0) is 48.0 Å². The van der Waals surface area contributed by atoms with Crippen molar-refractivity contribution in [2.45, 2.75) is 0 Å². The van der Waals surface area contributed by atoms with E-state index in [1.807, 2.05) is 12.1 Å². The van der Waals surface area contributed by atoms with E-state index in [0.717, 1.165) is 5.56 Å². The number of nitriles is 2. The first-order valence-electron chi connectivity index (χ1n) is 7.35. The Balaban J connectivity index is 2.04. The summed E-state index contributed by atoms with van der Waals surface area (Å²) < 4.78 is 5.76. The minimum absolute atomic E-state index is 0.0200. The van der Waals surface area contributed by atoms with Crippen molar-refractivity contribution in [3.63, 3.8) is 0 Å². The van der Waals surface area contributed by atoms with Crippen LogP contribution in [0, 0.1) is 22.7 Å². The molecule has 0 aromatic heterocycles. The third-order valence-electron chi connectivity index (χ3n) is 3.59. The van der Waals surface area contributed by atoms with Crippen LogP contribution in [0.15, 0.2) is 65.9 Å². The molecular weight excluding hydrogens is 316 g/mol. The van der Waals surface area contributed by atoms with Gasteiger partial charge in [0.1, 0.15) is 40.7 Å². The van der Waals surface area contributed by atoms with Crippen molar-refractivity contribution in [1.29, 1.82) is 10.5 Å². The highest BCUT2D eigenvalue weighted by atomic mass is 16.5. The zero-order valence-corrected chi connectivity index (χ0v) is 13.0. The molecular formula is C20H12N2O3. The van der Waals surface area contributed by atoms with Crippen LogP contribution in [-0.2, 0) is 0 Å². The lowest BCUT2D eigenvalue weighted by molar-refractivity contribution is 0.434. The van der Waals surface area contributed by atoms with Gasteiger partial charge < -0.3 is 14.9 Å². The largest absolute Gasteiger partial charge is 0.508 e. The molecule has 0 unspecified atom stereocenters. The normalized spacial score (nSPS) is 12.6. The van der Waals surface area contributed by atoms with Gasteiger partial charge in [-0.1, -0.05) is 18.2 Å². The second-order valence-electron chi connectivity index (χ2n) is 5.27. The standard InChI is InChI=1S/C20H12N2O3/c21-11-14(12-22)18-10-17(7-3-13-1-4-15(23)5-2-13)25-20-8-6-16(24)9-19(18)20/h1-10,23-24H. The molecule has 0 aliphatic carbocycles. The van der Waals surface area contributed by atoms with Crippen LogP contribution in [0.1, 0.15) is 11.1 Å². The van der Waals surface area contributed by atoms with Crippen molar-refractivity contribution in [1.82, 2.24) is 0 Å². The third kappa shape index (κ3) is 3.36. The summed E-state index contributed by atoms with van der Waals surface area (Å²) in [5, 5.41) is 37.4. The van der Waals surface area contributed by atoms with Crippen molar-refractivity contribution in [2.24, 2.45) is 0 Å². The van der Waals surface area contributed by atoms with Gasteiger partial charge in [0.2, 0.25) is 0 Å². The molecule has 0 saturated carbocycles. The molecule has 1 heterocycles. The first-order chi connectivity index (χ1) is 12.1. The smallest absolute Gasteiger partial charge is 0.137 e. The molecule has 0 bridgehead atoms. The SMILES string of the molecule is N#CC(C#N)=C1C=C(C=Cc2ccc(O)cc2)Oc2ccc(O)cc21. The molecule has 3 rings (SSSR count). The molecule has 2 aromatic carbocycles. The number of ether oxygens (including phenoxy) is 1. The zero-order chi connectivity index (χ0) is 17.8. The van der Waals surface area contributed by atoms with Gasteiger partial charge in [0, 0.05) is 11.1 Å². The van der Waals surface area contributed by atoms with Crippen molar-refractivity contribution in [3.8, 4) is 29.4 Å². The first-order valence-corrected chi connectivity index (χ1v) is 7.35. The highest BCUT2D eigenvalue weighted by Crippen LogP contribution is 2.37. The highest BCUT2D eigenvalue weighted by Gasteiger charge is 2.19. The topological polar surface area (TPSA) is 97.3 Å². The van der Waals surface area contributed by atoms with Gasteiger partial charge in [0.05, 0.1) is 0 Å². The highest BCUT2D eigenvalue weighted by molar-refractivity contribution is 5.87. The van der Waals surface area contributed by atoms with Gasteiger partial charge in [-0.2, -0.15) is 10.5 Å². The maximum Gasteiger partial charge on any atom is 0.137 e. The molecule has 5 nitrogen and oxygen atoms in total. The molecule has 0 atom stereocenters. The lowest BCUT2D eigenvalue weighted by Gasteiger charge is -2.18. The Labute approximate surface area is 144 Å². The van der Waals surface area contributed by atoms with E-state index >= 15 is 0 Å². The van der Waals surface area contributed by atoms with Crippen LogP contribution in [0.5, 0.6) is 17.2 Å². The van der Waals surface area contributed by atoms with Gasteiger partial charge in [0.15, 0.2) is 0 Å². The molecule has 0 amide bonds. The van der Waals surface area contributed by atoms with Gasteiger partial charge >= 0.3 is 0 Å². The third-order valence-corrected chi connectivity index (χ3v) is 3.59. The summed E-state index contributed by atoms with van der Waals surface area (Å²) in [7, 11) is 0. The van der Waals surface area contributed by atoms with Gasteiger partial charge in [0.25, 0.3) is 0 Å². The molecule has 5 heteroatoms. The number of benzene rings is 2. The predicted octanol–water partition coefficient (Wildman–Crippen LogP) is 3.89. The zero-order valence-electron chi connectivity index (χ0n) is 13.0. The van der Waals surface area contributed by atoms with Gasteiger partial charge in [-0.25, -0.2) is 0 Å². The summed E-state index contributed by atoms with van der Waals surface area (Å²) in [5.74, 6) is 1.09. The van der Waals surface area contributed by atoms with Crippen molar-refractivity contribution >= 4 is 11.6 Å². The van der Waals surface area contributed by atoms with E-state index < -0.39 is 0 Å². The first kappa shape index (κ1) is 15.9. The van der Waals surface area contributed by atoms with Crippen LogP contribution in [-0.4, -0.2) is 10.2 Å². The molecule has 0 fully saturated rings. The van der Waals surface area contributed by atoms with E-state index in [0.29, 0.717) is 22.6 Å². The van der Waals surface area contributed by atoms with Crippen molar-refractivity contribution in [2.75, 3.05) is 0 Å². The number of rotatable bonds is 2. The van der Waals surface area contributed by atoms with Crippen molar-refractivity contribution < 1.29 is 14.9 Å². The lowest BCUT2D eigenvalue weighted by atomic mass is 9.97. The minimum atomic E-state index is -0.0642. The number of phenolic OH excluding ortho intramolecular Hbond substituents is 2. The molecule has 0 saturated heterocycles. The summed E-state index contributed by atoms with van der Waals surface area (Å²) >= 11 is 0. The van der Waals surface area contributed by atoms with Crippen LogP contribution in [0.2, 0.25) is 0 Å². The average molecular weight is 328 g/mol. The number of fused-ring (bicyclic) bond motifs is 1. The summed E-state index contributed by atoms with van der Waals surface area (Å²) in [4.78, 5) is 0. The maximum absolute atomic E-state index is 9.67. The Hall–Kier alpha value is -3.96. The maximum atomic E-state index is 9.67. The fraction of sp³-hybridized carbons (Fsp3) is 0. The van der Waals surface area contributed by atoms with E-state index in [2.05, 4.69) is 0 Å². The summed E-state index contributed by atoms with van der Waals surface area (Å²) in [6.45, 7) is 0. The number of hydrogen-bond donors (Lipinski definition) is 2. The number of phenols is 2. The molecule has 0 radical (unpaired) electrons. The Kier molecular flexibility index (Phi) is 4.24. The molecule has 1 aliphatic heterocycles. The lowest BCUT2D eigenvalue weighted by Crippen LogP contribution is -2.03.